The third-order valence-corrected chi connectivity index (χ3v) is 4.62. The standard InChI is InChI=1S/C15H14ClN5O2/c1-2-8-5-9(8)10-6-12(19-21-11(16)7-17-14(10)21)20-4-3-13(22)18-15(20)23/h3-4,6-9H,2,5H2,1H3,(H,18,22,23)/t8-,9-/m0/s1. The number of fused-ring (bicyclic) bond motifs is 1. The lowest BCUT2D eigenvalue weighted by Crippen LogP contribution is -2.28. The van der Waals surface area contributed by atoms with Crippen LogP contribution in [0.5, 0.6) is 0 Å². The summed E-state index contributed by atoms with van der Waals surface area (Å²) in [6.45, 7) is 2.16. The maximum absolute atomic E-state index is 12.0. The molecule has 0 spiro atoms. The van der Waals surface area contributed by atoms with Crippen molar-refractivity contribution < 1.29 is 0 Å². The second kappa shape index (κ2) is 5.06. The molecule has 1 saturated carbocycles. The van der Waals surface area contributed by atoms with Gasteiger partial charge in [-0.25, -0.2) is 14.3 Å². The van der Waals surface area contributed by atoms with Gasteiger partial charge >= 0.3 is 5.69 Å². The predicted octanol–water partition coefficient (Wildman–Crippen LogP) is 1.74. The number of nitrogens with zero attached hydrogens (tertiary/aromatic N) is 4. The van der Waals surface area contributed by atoms with Crippen molar-refractivity contribution in [2.45, 2.75) is 25.7 Å². The average Bonchev–Trinajstić information content (AvgIpc) is 3.23. The van der Waals surface area contributed by atoms with Gasteiger partial charge in [-0.05, 0) is 24.3 Å². The van der Waals surface area contributed by atoms with Crippen LogP contribution in [0.4, 0.5) is 0 Å². The molecule has 0 amide bonds. The van der Waals surface area contributed by atoms with Gasteiger partial charge in [0.15, 0.2) is 16.6 Å². The molecule has 0 saturated heterocycles. The van der Waals surface area contributed by atoms with Gasteiger partial charge in [0.25, 0.3) is 5.56 Å². The van der Waals surface area contributed by atoms with Crippen molar-refractivity contribution in [3.63, 3.8) is 0 Å². The van der Waals surface area contributed by atoms with Gasteiger partial charge in [0.05, 0.1) is 6.20 Å². The summed E-state index contributed by atoms with van der Waals surface area (Å²) in [5, 5.41) is 4.76. The van der Waals surface area contributed by atoms with Crippen molar-refractivity contribution >= 4 is 17.2 Å². The second-order valence-electron chi connectivity index (χ2n) is 5.76. The molecule has 1 aliphatic rings. The van der Waals surface area contributed by atoms with E-state index in [0.29, 0.717) is 22.8 Å². The summed E-state index contributed by atoms with van der Waals surface area (Å²) in [6, 6.07) is 3.15. The first kappa shape index (κ1) is 14.2. The smallest absolute Gasteiger partial charge is 0.274 e. The lowest BCUT2D eigenvalue weighted by Gasteiger charge is -2.09. The Balaban J connectivity index is 1.95. The van der Waals surface area contributed by atoms with Gasteiger partial charge in [-0.2, -0.15) is 0 Å². The highest BCUT2D eigenvalue weighted by atomic mass is 35.5. The number of imidazole rings is 1. The fraction of sp³-hybridized carbons (Fsp3) is 0.333. The molecule has 1 fully saturated rings. The number of aromatic amines is 1. The zero-order valence-corrected chi connectivity index (χ0v) is 13.1. The van der Waals surface area contributed by atoms with Crippen LogP contribution in [-0.4, -0.2) is 24.1 Å². The number of hydrogen-bond acceptors (Lipinski definition) is 4. The van der Waals surface area contributed by atoms with Crippen LogP contribution in [-0.2, 0) is 0 Å². The average molecular weight is 332 g/mol. The zero-order chi connectivity index (χ0) is 16.1. The molecular formula is C15H14ClN5O2. The third-order valence-electron chi connectivity index (χ3n) is 4.36. The lowest BCUT2D eigenvalue weighted by molar-refractivity contribution is 0.756. The first-order chi connectivity index (χ1) is 11.1. The summed E-state index contributed by atoms with van der Waals surface area (Å²) in [6.07, 6.45) is 5.16. The molecule has 7 nitrogen and oxygen atoms in total. The molecule has 0 aromatic carbocycles. The monoisotopic (exact) mass is 331 g/mol. The molecule has 4 rings (SSSR count). The maximum atomic E-state index is 12.0. The number of H-pyrrole nitrogens is 1. The molecule has 3 aromatic heterocycles. The molecule has 1 aliphatic carbocycles. The van der Waals surface area contributed by atoms with Crippen molar-refractivity contribution in [1.29, 1.82) is 0 Å². The molecule has 3 heterocycles. The van der Waals surface area contributed by atoms with E-state index in [1.54, 1.807) is 6.20 Å². The molecule has 2 atom stereocenters. The van der Waals surface area contributed by atoms with Gasteiger partial charge in [-0.15, -0.1) is 5.10 Å². The molecule has 118 valence electrons. The lowest BCUT2D eigenvalue weighted by atomic mass is 10.1. The Morgan fingerprint density at radius 2 is 2.26 bits per heavy atom. The van der Waals surface area contributed by atoms with Gasteiger partial charge in [0.1, 0.15) is 0 Å². The van der Waals surface area contributed by atoms with E-state index in [0.717, 1.165) is 24.1 Å². The van der Waals surface area contributed by atoms with E-state index >= 15 is 0 Å². The Labute approximate surface area is 135 Å². The van der Waals surface area contributed by atoms with E-state index < -0.39 is 11.2 Å². The molecule has 1 N–H and O–H groups in total. The summed E-state index contributed by atoms with van der Waals surface area (Å²) in [4.78, 5) is 29.8. The van der Waals surface area contributed by atoms with Gasteiger partial charge in [-0.1, -0.05) is 24.9 Å². The summed E-state index contributed by atoms with van der Waals surface area (Å²) < 4.78 is 2.83. The van der Waals surface area contributed by atoms with Crippen LogP contribution in [0.25, 0.3) is 11.5 Å². The van der Waals surface area contributed by atoms with Gasteiger partial charge in [-0.3, -0.25) is 14.3 Å². The molecule has 3 aromatic rings. The molecule has 8 heteroatoms. The predicted molar refractivity (Wildman–Crippen MR) is 85.4 cm³/mol. The van der Waals surface area contributed by atoms with Crippen molar-refractivity contribution in [3.8, 4) is 5.82 Å². The van der Waals surface area contributed by atoms with Crippen LogP contribution in [0.2, 0.25) is 5.15 Å². The maximum Gasteiger partial charge on any atom is 0.334 e. The van der Waals surface area contributed by atoms with E-state index in [1.165, 1.54) is 21.3 Å². The number of hydrogen-bond donors (Lipinski definition) is 1. The van der Waals surface area contributed by atoms with Crippen molar-refractivity contribution in [2.75, 3.05) is 0 Å². The molecular weight excluding hydrogens is 318 g/mol. The quantitative estimate of drug-likeness (QED) is 0.792. The Morgan fingerprint density at radius 1 is 1.43 bits per heavy atom. The van der Waals surface area contributed by atoms with Crippen LogP contribution < -0.4 is 11.2 Å². The van der Waals surface area contributed by atoms with E-state index in [4.69, 9.17) is 11.6 Å². The molecule has 0 radical (unpaired) electrons. The van der Waals surface area contributed by atoms with Crippen LogP contribution in [0, 0.1) is 5.92 Å². The number of halogens is 1. The van der Waals surface area contributed by atoms with Crippen molar-refractivity contribution in [3.05, 3.63) is 56.1 Å². The Morgan fingerprint density at radius 3 is 2.96 bits per heavy atom. The van der Waals surface area contributed by atoms with Crippen LogP contribution in [0.15, 0.2) is 34.1 Å². The first-order valence-corrected chi connectivity index (χ1v) is 7.83. The minimum absolute atomic E-state index is 0.384. The largest absolute Gasteiger partial charge is 0.334 e. The summed E-state index contributed by atoms with van der Waals surface area (Å²) >= 11 is 6.16. The minimum Gasteiger partial charge on any atom is -0.274 e. The number of nitrogens with one attached hydrogen (secondary N) is 1. The Hall–Kier alpha value is -2.41. The normalized spacial score (nSPS) is 20.1. The number of aromatic nitrogens is 5. The topological polar surface area (TPSA) is 85.0 Å². The van der Waals surface area contributed by atoms with Crippen LogP contribution in [0.3, 0.4) is 0 Å². The SMILES string of the molecule is CC[C@H]1C[C@@H]1c1cc(-n2ccc(=O)[nH]c2=O)nn2c(Cl)cnc12. The highest BCUT2D eigenvalue weighted by Crippen LogP contribution is 2.50. The zero-order valence-electron chi connectivity index (χ0n) is 12.4. The fourth-order valence-corrected chi connectivity index (χ4v) is 3.19. The van der Waals surface area contributed by atoms with Crippen LogP contribution in [0.1, 0.15) is 31.2 Å². The number of rotatable bonds is 3. The Kier molecular flexibility index (Phi) is 3.12. The van der Waals surface area contributed by atoms with Gasteiger partial charge < -0.3 is 0 Å². The highest BCUT2D eigenvalue weighted by molar-refractivity contribution is 6.29. The van der Waals surface area contributed by atoms with Crippen molar-refractivity contribution in [1.82, 2.24) is 24.1 Å². The molecule has 23 heavy (non-hydrogen) atoms. The highest BCUT2D eigenvalue weighted by Gasteiger charge is 2.38. The summed E-state index contributed by atoms with van der Waals surface area (Å²) in [5.41, 5.74) is 0.778. The fourth-order valence-electron chi connectivity index (χ4n) is 3.02. The van der Waals surface area contributed by atoms with Gasteiger partial charge in [0, 0.05) is 17.8 Å². The first-order valence-electron chi connectivity index (χ1n) is 7.45. The molecule has 0 aliphatic heterocycles. The Bertz CT molecular complexity index is 1020. The van der Waals surface area contributed by atoms with Gasteiger partial charge in [0.2, 0.25) is 0 Å². The molecule has 0 unspecified atom stereocenters. The third kappa shape index (κ3) is 2.28. The minimum atomic E-state index is -0.533. The van der Waals surface area contributed by atoms with Crippen LogP contribution >= 0.6 is 11.6 Å². The summed E-state index contributed by atoms with van der Waals surface area (Å²) in [7, 11) is 0. The van der Waals surface area contributed by atoms with E-state index in [-0.39, 0.29) is 0 Å². The van der Waals surface area contributed by atoms with E-state index in [1.807, 2.05) is 6.07 Å². The molecule has 0 bridgehead atoms. The van der Waals surface area contributed by atoms with E-state index in [9.17, 15) is 9.59 Å². The van der Waals surface area contributed by atoms with Crippen molar-refractivity contribution in [2.24, 2.45) is 5.92 Å². The second-order valence-corrected chi connectivity index (χ2v) is 6.15. The summed E-state index contributed by atoms with van der Waals surface area (Å²) in [5.74, 6) is 1.44. The van der Waals surface area contributed by atoms with E-state index in [2.05, 4.69) is 22.0 Å².